The van der Waals surface area contributed by atoms with Crippen molar-refractivity contribution in [1.29, 1.82) is 0 Å². The summed E-state index contributed by atoms with van der Waals surface area (Å²) >= 11 is 1.62. The van der Waals surface area contributed by atoms with Crippen molar-refractivity contribution in [1.82, 2.24) is 0 Å². The maximum absolute atomic E-state index is 12.6. The highest BCUT2D eigenvalue weighted by atomic mass is 32.2. The van der Waals surface area contributed by atoms with Crippen LogP contribution in [0.4, 0.5) is 5.69 Å². The molecule has 0 saturated heterocycles. The number of thioether (sulfide) groups is 1. The zero-order chi connectivity index (χ0) is 16.9. The molecular weight excluding hydrogens is 318 g/mol. The van der Waals surface area contributed by atoms with Crippen molar-refractivity contribution < 1.29 is 4.42 Å². The number of rotatable bonds is 2. The summed E-state index contributed by atoms with van der Waals surface area (Å²) in [6.07, 6.45) is 2.00. The molecule has 0 bridgehead atoms. The number of aliphatic imine (C=N–C) groups is 1. The summed E-state index contributed by atoms with van der Waals surface area (Å²) in [5, 5.41) is 0.914. The molecule has 0 amide bonds. The standard InChI is InChI=1S/C20H17NO2S/c1-20(2)15-6-4-5-7-16(15)21-18(20)14-10-12-8-9-13(24-3)11-17(12)23-19(14)22/h4-11H,1-3H3. The van der Waals surface area contributed by atoms with Crippen LogP contribution in [0.25, 0.3) is 11.0 Å². The maximum atomic E-state index is 12.6. The van der Waals surface area contributed by atoms with E-state index in [1.54, 1.807) is 11.8 Å². The minimum Gasteiger partial charge on any atom is -0.422 e. The van der Waals surface area contributed by atoms with Gasteiger partial charge < -0.3 is 4.42 Å². The Morgan fingerprint density at radius 2 is 1.88 bits per heavy atom. The van der Waals surface area contributed by atoms with Crippen molar-refractivity contribution in [2.24, 2.45) is 4.99 Å². The van der Waals surface area contributed by atoms with Crippen molar-refractivity contribution in [2.45, 2.75) is 24.2 Å². The van der Waals surface area contributed by atoms with Crippen LogP contribution in [-0.4, -0.2) is 12.0 Å². The number of nitrogens with zero attached hydrogens (tertiary/aromatic N) is 1. The van der Waals surface area contributed by atoms with Gasteiger partial charge in [0.15, 0.2) is 0 Å². The lowest BCUT2D eigenvalue weighted by molar-refractivity contribution is 0.557. The van der Waals surface area contributed by atoms with Gasteiger partial charge in [-0.05, 0) is 36.1 Å². The number of hydrogen-bond acceptors (Lipinski definition) is 4. The molecule has 0 N–H and O–H groups in total. The first-order valence-electron chi connectivity index (χ1n) is 7.81. The lowest BCUT2D eigenvalue weighted by atomic mass is 9.79. The van der Waals surface area contributed by atoms with Crippen molar-refractivity contribution in [3.63, 3.8) is 0 Å². The maximum Gasteiger partial charge on any atom is 0.345 e. The van der Waals surface area contributed by atoms with E-state index in [4.69, 9.17) is 9.41 Å². The molecule has 4 rings (SSSR count). The minimum atomic E-state index is -0.333. The first-order chi connectivity index (χ1) is 11.5. The highest BCUT2D eigenvalue weighted by Crippen LogP contribution is 2.41. The van der Waals surface area contributed by atoms with E-state index < -0.39 is 0 Å². The van der Waals surface area contributed by atoms with Crippen LogP contribution in [0.15, 0.2) is 67.6 Å². The predicted octanol–water partition coefficient (Wildman–Crippen LogP) is 4.93. The van der Waals surface area contributed by atoms with Crippen LogP contribution in [0.1, 0.15) is 25.0 Å². The summed E-state index contributed by atoms with van der Waals surface area (Å²) in [4.78, 5) is 18.4. The summed E-state index contributed by atoms with van der Waals surface area (Å²) in [7, 11) is 0. The second-order valence-electron chi connectivity index (χ2n) is 6.45. The molecule has 1 aliphatic heterocycles. The van der Waals surface area contributed by atoms with Crippen LogP contribution in [0.5, 0.6) is 0 Å². The average molecular weight is 335 g/mol. The number of fused-ring (bicyclic) bond motifs is 2. The van der Waals surface area contributed by atoms with E-state index in [0.717, 1.165) is 27.2 Å². The smallest absolute Gasteiger partial charge is 0.345 e. The van der Waals surface area contributed by atoms with Crippen LogP contribution in [0.3, 0.4) is 0 Å². The summed E-state index contributed by atoms with van der Waals surface area (Å²) in [6, 6.07) is 15.9. The molecule has 2 heterocycles. The molecule has 0 unspecified atom stereocenters. The Kier molecular flexibility index (Phi) is 3.39. The van der Waals surface area contributed by atoms with Crippen LogP contribution in [0.2, 0.25) is 0 Å². The molecule has 120 valence electrons. The zero-order valence-electron chi connectivity index (χ0n) is 13.8. The second kappa shape index (κ2) is 5.35. The summed E-state index contributed by atoms with van der Waals surface area (Å²) in [5.74, 6) is 0. The van der Waals surface area contributed by atoms with Gasteiger partial charge in [-0.2, -0.15) is 0 Å². The molecule has 2 aromatic carbocycles. The quantitative estimate of drug-likeness (QED) is 0.493. The van der Waals surface area contributed by atoms with E-state index >= 15 is 0 Å². The van der Waals surface area contributed by atoms with Crippen LogP contribution < -0.4 is 5.63 Å². The molecule has 3 aromatic rings. The monoisotopic (exact) mass is 335 g/mol. The van der Waals surface area contributed by atoms with Gasteiger partial charge in [-0.1, -0.05) is 38.1 Å². The van der Waals surface area contributed by atoms with Crippen LogP contribution in [0, 0.1) is 0 Å². The lowest BCUT2D eigenvalue weighted by Crippen LogP contribution is -2.30. The van der Waals surface area contributed by atoms with Gasteiger partial charge in [0, 0.05) is 15.7 Å². The van der Waals surface area contributed by atoms with E-state index in [9.17, 15) is 4.79 Å². The molecule has 0 aliphatic carbocycles. The van der Waals surface area contributed by atoms with Gasteiger partial charge in [0.05, 0.1) is 17.0 Å². The highest BCUT2D eigenvalue weighted by Gasteiger charge is 2.37. The topological polar surface area (TPSA) is 42.6 Å². The molecule has 0 atom stereocenters. The van der Waals surface area contributed by atoms with E-state index in [1.807, 2.05) is 48.7 Å². The van der Waals surface area contributed by atoms with E-state index in [2.05, 4.69) is 19.9 Å². The van der Waals surface area contributed by atoms with Gasteiger partial charge in [0.2, 0.25) is 0 Å². The summed E-state index contributed by atoms with van der Waals surface area (Å²) < 4.78 is 5.59. The van der Waals surface area contributed by atoms with Crippen molar-refractivity contribution >= 4 is 34.1 Å². The van der Waals surface area contributed by atoms with Crippen molar-refractivity contribution in [3.8, 4) is 0 Å². The van der Waals surface area contributed by atoms with Gasteiger partial charge >= 0.3 is 5.63 Å². The molecule has 1 aromatic heterocycles. The van der Waals surface area contributed by atoms with E-state index in [-0.39, 0.29) is 11.0 Å². The fourth-order valence-electron chi connectivity index (χ4n) is 3.27. The van der Waals surface area contributed by atoms with Gasteiger partial charge in [-0.25, -0.2) is 4.79 Å². The molecule has 1 aliphatic rings. The van der Waals surface area contributed by atoms with Crippen molar-refractivity contribution in [3.05, 3.63) is 70.1 Å². The Balaban J connectivity index is 1.92. The van der Waals surface area contributed by atoms with Gasteiger partial charge in [0.25, 0.3) is 0 Å². The zero-order valence-corrected chi connectivity index (χ0v) is 14.6. The SMILES string of the molecule is CSc1ccc2cc(C3=Nc4ccccc4C3(C)C)c(=O)oc2c1. The van der Waals surface area contributed by atoms with Gasteiger partial charge in [-0.15, -0.1) is 11.8 Å². The Bertz CT molecular complexity index is 1050. The summed E-state index contributed by atoms with van der Waals surface area (Å²) in [6.45, 7) is 4.19. The third-order valence-corrected chi connectivity index (χ3v) is 5.33. The molecule has 24 heavy (non-hydrogen) atoms. The third-order valence-electron chi connectivity index (χ3n) is 4.60. The fourth-order valence-corrected chi connectivity index (χ4v) is 3.70. The number of benzene rings is 2. The number of hydrogen-bond donors (Lipinski definition) is 0. The van der Waals surface area contributed by atoms with E-state index in [1.165, 1.54) is 0 Å². The molecular formula is C20H17NO2S. The minimum absolute atomic E-state index is 0.321. The highest BCUT2D eigenvalue weighted by molar-refractivity contribution is 7.98. The third kappa shape index (κ3) is 2.21. The molecule has 0 saturated carbocycles. The van der Waals surface area contributed by atoms with Crippen LogP contribution in [-0.2, 0) is 5.41 Å². The predicted molar refractivity (Wildman–Crippen MR) is 99.9 cm³/mol. The number of para-hydroxylation sites is 1. The molecule has 0 radical (unpaired) electrons. The Morgan fingerprint density at radius 1 is 1.08 bits per heavy atom. The largest absolute Gasteiger partial charge is 0.422 e. The molecule has 4 heteroatoms. The normalized spacial score (nSPS) is 15.4. The Labute approximate surface area is 144 Å². The Hall–Kier alpha value is -2.33. The van der Waals surface area contributed by atoms with Gasteiger partial charge in [-0.3, -0.25) is 4.99 Å². The molecule has 0 spiro atoms. The fraction of sp³-hybridized carbons (Fsp3) is 0.200. The first-order valence-corrected chi connectivity index (χ1v) is 9.04. The first kappa shape index (κ1) is 15.2. The molecule has 0 fully saturated rings. The lowest BCUT2D eigenvalue weighted by Gasteiger charge is -2.21. The van der Waals surface area contributed by atoms with E-state index in [0.29, 0.717) is 11.1 Å². The van der Waals surface area contributed by atoms with Crippen LogP contribution >= 0.6 is 11.8 Å². The molecule has 3 nitrogen and oxygen atoms in total. The summed E-state index contributed by atoms with van der Waals surface area (Å²) in [5.41, 5.74) is 3.34. The Morgan fingerprint density at radius 3 is 2.62 bits per heavy atom. The second-order valence-corrected chi connectivity index (χ2v) is 7.33. The average Bonchev–Trinajstić information content (AvgIpc) is 2.85. The van der Waals surface area contributed by atoms with Crippen molar-refractivity contribution in [2.75, 3.05) is 6.26 Å². The van der Waals surface area contributed by atoms with Gasteiger partial charge in [0.1, 0.15) is 5.58 Å².